The number of nitrogens with zero attached hydrogens (tertiary/aromatic N) is 1. The highest BCUT2D eigenvalue weighted by molar-refractivity contribution is 7.16. The fraction of sp³-hybridized carbons (Fsp3) is 0.733. The molecule has 0 aliphatic carbocycles. The summed E-state index contributed by atoms with van der Waals surface area (Å²) >= 11 is 7.79. The van der Waals surface area contributed by atoms with Crippen molar-refractivity contribution >= 4 is 22.9 Å². The van der Waals surface area contributed by atoms with Crippen LogP contribution in [0.5, 0.6) is 0 Å². The van der Waals surface area contributed by atoms with E-state index in [1.165, 1.54) is 37.0 Å². The Kier molecular flexibility index (Phi) is 4.47. The average Bonchev–Trinajstić information content (AvgIpc) is 2.76. The van der Waals surface area contributed by atoms with Crippen molar-refractivity contribution < 1.29 is 0 Å². The van der Waals surface area contributed by atoms with Gasteiger partial charge in [-0.3, -0.25) is 4.90 Å². The van der Waals surface area contributed by atoms with Gasteiger partial charge in [-0.2, -0.15) is 0 Å². The molecule has 2 aliphatic heterocycles. The van der Waals surface area contributed by atoms with Crippen LogP contribution in [-0.2, 0) is 6.54 Å². The summed E-state index contributed by atoms with van der Waals surface area (Å²) in [6.45, 7) is 4.42. The first kappa shape index (κ1) is 13.9. The van der Waals surface area contributed by atoms with Crippen LogP contribution in [0.15, 0.2) is 12.1 Å². The molecule has 4 heteroatoms. The number of hydrogen-bond acceptors (Lipinski definition) is 3. The summed E-state index contributed by atoms with van der Waals surface area (Å²) in [5, 5.41) is 3.66. The highest BCUT2D eigenvalue weighted by atomic mass is 35.5. The van der Waals surface area contributed by atoms with Crippen molar-refractivity contribution in [2.45, 2.75) is 63.7 Å². The van der Waals surface area contributed by atoms with Crippen molar-refractivity contribution in [3.63, 3.8) is 0 Å². The first-order valence-electron chi connectivity index (χ1n) is 7.49. The minimum absolute atomic E-state index is 0.739. The number of fused-ring (bicyclic) bond motifs is 2. The van der Waals surface area contributed by atoms with E-state index < -0.39 is 0 Å². The molecule has 0 spiro atoms. The van der Waals surface area contributed by atoms with Gasteiger partial charge in [0.2, 0.25) is 0 Å². The van der Waals surface area contributed by atoms with Crippen LogP contribution >= 0.6 is 22.9 Å². The SMILES string of the molecule is CCNC1CC2CCCC(C1)N2Cc1ccc(Cl)s1. The van der Waals surface area contributed by atoms with Crippen LogP contribution in [0.25, 0.3) is 0 Å². The van der Waals surface area contributed by atoms with Crippen LogP contribution in [0, 0.1) is 0 Å². The molecular formula is C15H23ClN2S. The second kappa shape index (κ2) is 6.13. The molecule has 0 saturated carbocycles. The minimum Gasteiger partial charge on any atom is -0.314 e. The predicted molar refractivity (Wildman–Crippen MR) is 83.0 cm³/mol. The van der Waals surface area contributed by atoms with E-state index in [-0.39, 0.29) is 0 Å². The monoisotopic (exact) mass is 298 g/mol. The Morgan fingerprint density at radius 2 is 2.05 bits per heavy atom. The third-order valence-corrected chi connectivity index (χ3v) is 5.80. The Morgan fingerprint density at radius 1 is 1.32 bits per heavy atom. The van der Waals surface area contributed by atoms with Crippen LogP contribution < -0.4 is 5.32 Å². The number of thiophene rings is 1. The fourth-order valence-corrected chi connectivity index (χ4v) is 4.91. The van der Waals surface area contributed by atoms with Crippen LogP contribution in [-0.4, -0.2) is 29.6 Å². The highest BCUT2D eigenvalue weighted by Gasteiger charge is 2.37. The lowest BCUT2D eigenvalue weighted by Crippen LogP contribution is -2.55. The van der Waals surface area contributed by atoms with Gasteiger partial charge < -0.3 is 5.32 Å². The van der Waals surface area contributed by atoms with E-state index in [4.69, 9.17) is 11.6 Å². The topological polar surface area (TPSA) is 15.3 Å². The molecule has 1 aromatic rings. The normalized spacial score (nSPS) is 31.6. The molecule has 3 rings (SSSR count). The van der Waals surface area contributed by atoms with E-state index >= 15 is 0 Å². The summed E-state index contributed by atoms with van der Waals surface area (Å²) in [5.41, 5.74) is 0. The first-order chi connectivity index (χ1) is 9.26. The Balaban J connectivity index is 1.68. The summed E-state index contributed by atoms with van der Waals surface area (Å²) in [4.78, 5) is 4.17. The van der Waals surface area contributed by atoms with E-state index in [1.807, 2.05) is 6.07 Å². The molecule has 1 N–H and O–H groups in total. The van der Waals surface area contributed by atoms with Crippen molar-refractivity contribution in [3.05, 3.63) is 21.3 Å². The number of hydrogen-bond donors (Lipinski definition) is 1. The third kappa shape index (κ3) is 3.15. The Morgan fingerprint density at radius 3 is 2.63 bits per heavy atom. The standard InChI is InChI=1S/C15H23ClN2S/c1-2-17-11-8-12-4-3-5-13(9-11)18(12)10-14-6-7-15(16)19-14/h6-7,11-13,17H,2-5,8-10H2,1H3. The number of halogens is 1. The van der Waals surface area contributed by atoms with E-state index in [9.17, 15) is 0 Å². The fourth-order valence-electron chi connectivity index (χ4n) is 3.81. The van der Waals surface area contributed by atoms with E-state index in [0.29, 0.717) is 0 Å². The van der Waals surface area contributed by atoms with Gasteiger partial charge in [0.05, 0.1) is 4.34 Å². The van der Waals surface area contributed by atoms with Crippen LogP contribution in [0.4, 0.5) is 0 Å². The molecule has 0 radical (unpaired) electrons. The van der Waals surface area contributed by atoms with Crippen molar-refractivity contribution in [2.24, 2.45) is 0 Å². The molecule has 106 valence electrons. The van der Waals surface area contributed by atoms with Crippen molar-refractivity contribution in [1.29, 1.82) is 0 Å². The van der Waals surface area contributed by atoms with E-state index in [2.05, 4.69) is 23.2 Å². The van der Waals surface area contributed by atoms with Gasteiger partial charge in [0.15, 0.2) is 0 Å². The largest absolute Gasteiger partial charge is 0.314 e. The van der Waals surface area contributed by atoms with Crippen molar-refractivity contribution in [2.75, 3.05) is 6.54 Å². The van der Waals surface area contributed by atoms with Crippen molar-refractivity contribution in [1.82, 2.24) is 10.2 Å². The zero-order chi connectivity index (χ0) is 13.2. The summed E-state index contributed by atoms with van der Waals surface area (Å²) in [5.74, 6) is 0. The third-order valence-electron chi connectivity index (χ3n) is 4.59. The second-order valence-corrected chi connectivity index (χ2v) is 7.64. The lowest BCUT2D eigenvalue weighted by Gasteiger charge is -2.49. The number of nitrogens with one attached hydrogen (secondary N) is 1. The number of piperidine rings is 2. The molecule has 2 bridgehead atoms. The molecule has 2 unspecified atom stereocenters. The molecule has 0 amide bonds. The molecule has 19 heavy (non-hydrogen) atoms. The van der Waals surface area contributed by atoms with Gasteiger partial charge in [-0.1, -0.05) is 24.9 Å². The average molecular weight is 299 g/mol. The zero-order valence-electron chi connectivity index (χ0n) is 11.6. The molecule has 0 aromatic carbocycles. The molecule has 3 heterocycles. The summed E-state index contributed by atoms with van der Waals surface area (Å²) in [7, 11) is 0. The summed E-state index contributed by atoms with van der Waals surface area (Å²) in [6, 6.07) is 6.51. The van der Waals surface area contributed by atoms with Crippen molar-refractivity contribution in [3.8, 4) is 0 Å². The van der Waals surface area contributed by atoms with E-state index in [0.717, 1.165) is 35.6 Å². The molecule has 2 aliphatic rings. The quantitative estimate of drug-likeness (QED) is 0.907. The smallest absolute Gasteiger partial charge is 0.0931 e. The molecule has 2 atom stereocenters. The first-order valence-corrected chi connectivity index (χ1v) is 8.69. The molecule has 2 nitrogen and oxygen atoms in total. The molecular weight excluding hydrogens is 276 g/mol. The maximum Gasteiger partial charge on any atom is 0.0931 e. The minimum atomic E-state index is 0.739. The van der Waals surface area contributed by atoms with Crippen LogP contribution in [0.2, 0.25) is 4.34 Å². The van der Waals surface area contributed by atoms with Gasteiger partial charge in [0, 0.05) is 29.5 Å². The highest BCUT2D eigenvalue weighted by Crippen LogP contribution is 2.36. The van der Waals surface area contributed by atoms with Gasteiger partial charge in [-0.25, -0.2) is 0 Å². The van der Waals surface area contributed by atoms with Gasteiger partial charge in [-0.15, -0.1) is 11.3 Å². The zero-order valence-corrected chi connectivity index (χ0v) is 13.1. The molecule has 1 aromatic heterocycles. The predicted octanol–water partition coefficient (Wildman–Crippen LogP) is 3.90. The summed E-state index contributed by atoms with van der Waals surface area (Å²) < 4.78 is 0.919. The maximum atomic E-state index is 6.05. The lowest BCUT2D eigenvalue weighted by atomic mass is 9.81. The molecule has 2 saturated heterocycles. The molecule has 2 fully saturated rings. The van der Waals surface area contributed by atoms with Gasteiger partial charge in [-0.05, 0) is 44.4 Å². The van der Waals surface area contributed by atoms with E-state index in [1.54, 1.807) is 11.3 Å². The maximum absolute atomic E-state index is 6.05. The Bertz CT molecular complexity index is 406. The Hall–Kier alpha value is -0.0900. The summed E-state index contributed by atoms with van der Waals surface area (Å²) in [6.07, 6.45) is 6.80. The van der Waals surface area contributed by atoms with Gasteiger partial charge >= 0.3 is 0 Å². The lowest BCUT2D eigenvalue weighted by molar-refractivity contribution is 0.0188. The van der Waals surface area contributed by atoms with Gasteiger partial charge in [0.25, 0.3) is 0 Å². The second-order valence-electron chi connectivity index (χ2n) is 5.84. The van der Waals surface area contributed by atoms with Crippen LogP contribution in [0.3, 0.4) is 0 Å². The van der Waals surface area contributed by atoms with Crippen LogP contribution in [0.1, 0.15) is 43.9 Å². The number of rotatable bonds is 4. The Labute approximate surface area is 125 Å². The van der Waals surface area contributed by atoms with Gasteiger partial charge in [0.1, 0.15) is 0 Å².